The second-order valence-electron chi connectivity index (χ2n) is 9.53. The standard InChI is InChI=1S/C33H22I3O6S/c34-30-12-9-20(40-30)17-37-26-15-23(43-28-7-3-1-5-24(28)25-6-2-4-8-29(25)43)16-27(38-18-21-10-13-31(35)41-21)33(26)39-19-22-11-14-32(36)42-22/h1-16H,17-19H2/q+1. The Morgan fingerprint density at radius 3 is 1.35 bits per heavy atom. The molecule has 0 unspecified atom stereocenters. The van der Waals surface area contributed by atoms with E-state index in [1.165, 1.54) is 20.2 Å². The van der Waals surface area contributed by atoms with E-state index in [2.05, 4.69) is 128 Å². The molecule has 0 aliphatic carbocycles. The Balaban J connectivity index is 1.37. The van der Waals surface area contributed by atoms with E-state index >= 15 is 0 Å². The Bertz CT molecular complexity index is 1930. The molecule has 0 spiro atoms. The first-order valence-electron chi connectivity index (χ1n) is 13.2. The van der Waals surface area contributed by atoms with Crippen LogP contribution in [0, 0.1) is 11.3 Å². The molecule has 0 aliphatic heterocycles. The fraction of sp³-hybridized carbons (Fsp3) is 0.0909. The van der Waals surface area contributed by atoms with Gasteiger partial charge in [-0.1, -0.05) is 24.3 Å². The number of benzene rings is 3. The molecule has 0 radical (unpaired) electrons. The first kappa shape index (κ1) is 29.0. The summed E-state index contributed by atoms with van der Waals surface area (Å²) in [4.78, 5) is 1.06. The van der Waals surface area contributed by atoms with E-state index in [1.807, 2.05) is 36.4 Å². The number of halogens is 3. The van der Waals surface area contributed by atoms with Gasteiger partial charge in [-0.05, 0) is 128 Å². The molecule has 7 rings (SSSR count). The highest BCUT2D eigenvalue weighted by molar-refractivity contribution is 14.1. The smallest absolute Gasteiger partial charge is 0.204 e. The number of fused-ring (bicyclic) bond motifs is 3. The maximum Gasteiger partial charge on any atom is 0.204 e. The maximum absolute atomic E-state index is 6.45. The van der Waals surface area contributed by atoms with Crippen LogP contribution in [0.3, 0.4) is 0 Å². The Labute approximate surface area is 290 Å². The average molecular weight is 927 g/mol. The Morgan fingerprint density at radius 1 is 0.512 bits per heavy atom. The molecule has 0 aliphatic rings. The lowest BCUT2D eigenvalue weighted by atomic mass is 10.2. The summed E-state index contributed by atoms with van der Waals surface area (Å²) in [6.07, 6.45) is 0. The Hall–Kier alpha value is -2.69. The van der Waals surface area contributed by atoms with Crippen molar-refractivity contribution in [3.05, 3.63) is 126 Å². The first-order valence-corrected chi connectivity index (χ1v) is 17.7. The van der Waals surface area contributed by atoms with Crippen molar-refractivity contribution in [1.29, 1.82) is 0 Å². The zero-order valence-electron chi connectivity index (χ0n) is 22.4. The third-order valence-electron chi connectivity index (χ3n) is 6.72. The molecule has 7 aromatic rings. The van der Waals surface area contributed by atoms with Crippen LogP contribution in [0.15, 0.2) is 110 Å². The summed E-state index contributed by atoms with van der Waals surface area (Å²) in [5, 5.41) is 2.49. The van der Waals surface area contributed by atoms with E-state index in [-0.39, 0.29) is 30.3 Å². The molecule has 0 amide bonds. The van der Waals surface area contributed by atoms with Crippen molar-refractivity contribution in [3.63, 3.8) is 0 Å². The van der Waals surface area contributed by atoms with Crippen LogP contribution in [-0.2, 0) is 19.8 Å². The van der Waals surface area contributed by atoms with E-state index in [0.717, 1.165) is 16.2 Å². The zero-order valence-corrected chi connectivity index (χ0v) is 29.6. The van der Waals surface area contributed by atoms with Gasteiger partial charge in [0.1, 0.15) is 37.1 Å². The molecule has 4 aromatic heterocycles. The molecule has 0 saturated carbocycles. The first-order chi connectivity index (χ1) is 21.0. The van der Waals surface area contributed by atoms with Crippen LogP contribution in [0.2, 0.25) is 0 Å². The summed E-state index contributed by atoms with van der Waals surface area (Å²) >= 11 is 6.45. The second kappa shape index (κ2) is 12.7. The zero-order chi connectivity index (χ0) is 29.3. The van der Waals surface area contributed by atoms with Crippen LogP contribution in [0.4, 0.5) is 0 Å². The molecule has 43 heavy (non-hydrogen) atoms. The summed E-state index contributed by atoms with van der Waals surface area (Å²) in [5.74, 6) is 3.74. The highest BCUT2D eigenvalue weighted by atomic mass is 127. The molecule has 10 heteroatoms. The molecule has 6 nitrogen and oxygen atoms in total. The van der Waals surface area contributed by atoms with Crippen molar-refractivity contribution in [2.75, 3.05) is 0 Å². The Morgan fingerprint density at radius 2 is 0.930 bits per heavy atom. The number of thiophene rings is 1. The van der Waals surface area contributed by atoms with Gasteiger partial charge in [-0.15, -0.1) is 0 Å². The monoisotopic (exact) mass is 927 g/mol. The number of hydrogen-bond acceptors (Lipinski definition) is 6. The molecule has 0 saturated heterocycles. The third-order valence-corrected chi connectivity index (χ3v) is 10.8. The van der Waals surface area contributed by atoms with Gasteiger partial charge in [-0.2, -0.15) is 0 Å². The molecular weight excluding hydrogens is 905 g/mol. The highest BCUT2D eigenvalue weighted by Crippen LogP contribution is 2.52. The lowest BCUT2D eigenvalue weighted by Crippen LogP contribution is -2.03. The van der Waals surface area contributed by atoms with E-state index in [1.54, 1.807) is 0 Å². The fourth-order valence-electron chi connectivity index (χ4n) is 4.86. The van der Waals surface area contributed by atoms with Gasteiger partial charge in [0, 0.05) is 33.4 Å². The highest BCUT2D eigenvalue weighted by Gasteiger charge is 2.28. The van der Waals surface area contributed by atoms with Gasteiger partial charge in [0.05, 0.1) is 0 Å². The lowest BCUT2D eigenvalue weighted by Gasteiger charge is -2.16. The van der Waals surface area contributed by atoms with E-state index in [0.29, 0.717) is 34.5 Å². The van der Waals surface area contributed by atoms with E-state index in [9.17, 15) is 0 Å². The molecule has 0 N–H and O–H groups in total. The molecule has 3 aromatic carbocycles. The molecular formula is C33H22I3O6S+. The number of ether oxygens (including phenoxy) is 3. The number of hydrogen-bond donors (Lipinski definition) is 0. The largest absolute Gasteiger partial charge is 0.481 e. The quantitative estimate of drug-likeness (QED) is 0.101. The molecule has 0 fully saturated rings. The molecule has 216 valence electrons. The van der Waals surface area contributed by atoms with Crippen molar-refractivity contribution in [3.8, 4) is 22.1 Å². The summed E-state index contributed by atoms with van der Waals surface area (Å²) < 4.78 is 41.6. The molecule has 0 atom stereocenters. The van der Waals surface area contributed by atoms with Gasteiger partial charge < -0.3 is 27.5 Å². The summed E-state index contributed by atoms with van der Waals surface area (Å²) in [6, 6.07) is 32.8. The second-order valence-corrected chi connectivity index (χ2v) is 14.7. The van der Waals surface area contributed by atoms with Crippen molar-refractivity contribution < 1.29 is 27.5 Å². The number of furan rings is 3. The van der Waals surface area contributed by atoms with Crippen LogP contribution in [0.1, 0.15) is 17.3 Å². The van der Waals surface area contributed by atoms with Crippen LogP contribution in [-0.4, -0.2) is 0 Å². The van der Waals surface area contributed by atoms with E-state index in [4.69, 9.17) is 27.5 Å². The van der Waals surface area contributed by atoms with Crippen LogP contribution >= 0.6 is 78.2 Å². The van der Waals surface area contributed by atoms with Gasteiger partial charge >= 0.3 is 0 Å². The van der Waals surface area contributed by atoms with Crippen LogP contribution in [0.25, 0.3) is 25.1 Å². The van der Waals surface area contributed by atoms with Gasteiger partial charge in [-0.25, -0.2) is 0 Å². The SMILES string of the molecule is Ic1ccc(COc2cc(-[s+]3c4ccccc4c4ccccc43)cc(OCc3ccc(I)o3)c2OCc2ccc(I)o2)o1. The van der Waals surface area contributed by atoms with Gasteiger partial charge in [0.2, 0.25) is 5.75 Å². The molecule has 0 bridgehead atoms. The minimum atomic E-state index is -0.378. The Kier molecular flexibility index (Phi) is 8.60. The maximum atomic E-state index is 6.45. The average Bonchev–Trinajstić information content (AvgIpc) is 3.81. The predicted molar refractivity (Wildman–Crippen MR) is 193 cm³/mol. The summed E-state index contributed by atoms with van der Waals surface area (Å²) in [5.41, 5.74) is 0. The minimum absolute atomic E-state index is 0.212. The molecule has 4 heterocycles. The summed E-state index contributed by atoms with van der Waals surface area (Å²) in [6.45, 7) is 0.681. The normalized spacial score (nSPS) is 11.4. The summed E-state index contributed by atoms with van der Waals surface area (Å²) in [7, 11) is -0.378. The minimum Gasteiger partial charge on any atom is -0.481 e. The van der Waals surface area contributed by atoms with E-state index < -0.39 is 0 Å². The van der Waals surface area contributed by atoms with Crippen molar-refractivity contribution in [2.24, 2.45) is 0 Å². The topological polar surface area (TPSA) is 67.1 Å². The van der Waals surface area contributed by atoms with Crippen molar-refractivity contribution in [1.82, 2.24) is 0 Å². The van der Waals surface area contributed by atoms with Crippen LogP contribution < -0.4 is 14.2 Å². The van der Waals surface area contributed by atoms with Gasteiger partial charge in [0.25, 0.3) is 0 Å². The number of rotatable bonds is 10. The fourth-order valence-corrected chi connectivity index (χ4v) is 8.67. The van der Waals surface area contributed by atoms with Gasteiger partial charge in [-0.3, -0.25) is 0 Å². The van der Waals surface area contributed by atoms with Crippen molar-refractivity contribution >= 4 is 98.4 Å². The third kappa shape index (κ3) is 6.28. The van der Waals surface area contributed by atoms with Crippen LogP contribution in [0.5, 0.6) is 17.2 Å². The lowest BCUT2D eigenvalue weighted by molar-refractivity contribution is 0.204. The van der Waals surface area contributed by atoms with Crippen molar-refractivity contribution in [2.45, 2.75) is 19.8 Å². The van der Waals surface area contributed by atoms with Gasteiger partial charge in [0.15, 0.2) is 37.1 Å². The predicted octanol–water partition coefficient (Wildman–Crippen LogP) is 11.1.